The average Bonchev–Trinajstić information content (AvgIpc) is 2.28. The fourth-order valence-electron chi connectivity index (χ4n) is 0.750. The van der Waals surface area contributed by atoms with Gasteiger partial charge < -0.3 is 10.5 Å². The first-order chi connectivity index (χ1) is 6.83. The lowest BCUT2D eigenvalue weighted by Gasteiger charge is -1.94. The minimum atomic E-state index is 0.472. The Kier molecular flexibility index (Phi) is 12.7. The predicted molar refractivity (Wildman–Crippen MR) is 63.3 cm³/mol. The Morgan fingerprint density at radius 3 is 1.86 bits per heavy atom. The van der Waals surface area contributed by atoms with Gasteiger partial charge >= 0.3 is 0 Å². The van der Waals surface area contributed by atoms with E-state index in [9.17, 15) is 4.79 Å². The first kappa shape index (κ1) is 15.2. The van der Waals surface area contributed by atoms with Gasteiger partial charge in [0, 0.05) is 12.1 Å². The quantitative estimate of drug-likeness (QED) is 0.582. The van der Waals surface area contributed by atoms with Gasteiger partial charge in [-0.1, -0.05) is 39.8 Å². The number of nitrogen functional groups attached to an aromatic ring is 1. The first-order valence-corrected chi connectivity index (χ1v) is 5.11. The molecule has 2 heteroatoms. The molecule has 0 aliphatic rings. The Labute approximate surface area is 87.1 Å². The van der Waals surface area contributed by atoms with Gasteiger partial charge in [-0.2, -0.15) is 0 Å². The second kappa shape index (κ2) is 11.7. The summed E-state index contributed by atoms with van der Waals surface area (Å²) in [7, 11) is 0. The number of hydrogen-bond acceptors (Lipinski definition) is 2. The van der Waals surface area contributed by atoms with E-state index < -0.39 is 0 Å². The van der Waals surface area contributed by atoms with Gasteiger partial charge in [0.2, 0.25) is 0 Å². The first-order valence-electron chi connectivity index (χ1n) is 5.11. The summed E-state index contributed by atoms with van der Waals surface area (Å²) >= 11 is 0. The number of nitrogens with two attached hydrogens (primary N) is 1. The molecule has 14 heavy (non-hydrogen) atoms. The summed E-state index contributed by atoms with van der Waals surface area (Å²) in [6.07, 6.45) is 1.35. The van der Waals surface area contributed by atoms with Crippen molar-refractivity contribution in [3.63, 3.8) is 0 Å². The zero-order chi connectivity index (χ0) is 11.4. The number of hydrogen-bond donors (Lipinski definition) is 1. The van der Waals surface area contributed by atoms with Crippen LogP contribution < -0.4 is 5.73 Å². The molecule has 0 unspecified atom stereocenters. The summed E-state index contributed by atoms with van der Waals surface area (Å²) in [5, 5.41) is 0. The fourth-order valence-corrected chi connectivity index (χ4v) is 0.750. The molecule has 0 aliphatic carbocycles. The zero-order valence-electron chi connectivity index (χ0n) is 9.58. The van der Waals surface area contributed by atoms with Gasteiger partial charge in [0.15, 0.2) is 0 Å². The minimum Gasteiger partial charge on any atom is -0.399 e. The van der Waals surface area contributed by atoms with Gasteiger partial charge in [0.1, 0.15) is 6.29 Å². The van der Waals surface area contributed by atoms with E-state index in [-0.39, 0.29) is 0 Å². The fraction of sp³-hybridized carbons (Fsp3) is 0.417. The van der Waals surface area contributed by atoms with Crippen LogP contribution in [0.15, 0.2) is 24.3 Å². The Hall–Kier alpha value is -1.31. The van der Waals surface area contributed by atoms with Crippen LogP contribution in [0.5, 0.6) is 0 Å². The molecule has 0 aromatic heterocycles. The molecule has 80 valence electrons. The van der Waals surface area contributed by atoms with E-state index >= 15 is 0 Å². The summed E-state index contributed by atoms with van der Waals surface area (Å²) in [5.41, 5.74) is 7.17. The van der Waals surface area contributed by atoms with E-state index in [1.165, 1.54) is 0 Å². The van der Waals surface area contributed by atoms with E-state index in [4.69, 9.17) is 5.73 Å². The monoisotopic (exact) mass is 195 g/mol. The van der Waals surface area contributed by atoms with Gasteiger partial charge in [0.25, 0.3) is 0 Å². The molecule has 0 saturated heterocycles. The van der Waals surface area contributed by atoms with Crippen LogP contribution in [-0.2, 0) is 11.2 Å². The van der Waals surface area contributed by atoms with Crippen LogP contribution in [-0.4, -0.2) is 6.29 Å². The lowest BCUT2D eigenvalue weighted by molar-refractivity contribution is -0.107. The molecule has 1 aromatic rings. The molecule has 0 radical (unpaired) electrons. The topological polar surface area (TPSA) is 43.1 Å². The molecule has 0 spiro atoms. The van der Waals surface area contributed by atoms with Crippen LogP contribution >= 0.6 is 0 Å². The lowest BCUT2D eigenvalue weighted by Crippen LogP contribution is -1.87. The number of aldehydes is 1. The molecule has 0 fully saturated rings. The lowest BCUT2D eigenvalue weighted by atomic mass is 10.1. The molecule has 2 nitrogen and oxygen atoms in total. The third-order valence-corrected chi connectivity index (χ3v) is 1.30. The third-order valence-electron chi connectivity index (χ3n) is 1.30. The molecule has 0 amide bonds. The normalized spacial score (nSPS) is 7.43. The van der Waals surface area contributed by atoms with Gasteiger partial charge in [-0.25, -0.2) is 0 Å². The molecule has 0 bridgehead atoms. The highest BCUT2D eigenvalue weighted by molar-refractivity contribution is 5.55. The van der Waals surface area contributed by atoms with E-state index in [0.29, 0.717) is 6.42 Å². The van der Waals surface area contributed by atoms with Crippen molar-refractivity contribution in [2.45, 2.75) is 34.1 Å². The van der Waals surface area contributed by atoms with Gasteiger partial charge in [-0.15, -0.1) is 0 Å². The predicted octanol–water partition coefficient (Wildman–Crippen LogP) is 3.06. The number of benzene rings is 1. The number of carbonyl (C=O) groups is 1. The highest BCUT2D eigenvalue weighted by Crippen LogP contribution is 2.04. The van der Waals surface area contributed by atoms with Gasteiger partial charge in [-0.05, 0) is 17.7 Å². The summed E-state index contributed by atoms with van der Waals surface area (Å²) in [4.78, 5) is 10.0. The SMILES string of the molecule is CC.CC.Nc1ccc(CC=O)cc1. The van der Waals surface area contributed by atoms with Crippen molar-refractivity contribution in [3.8, 4) is 0 Å². The van der Waals surface area contributed by atoms with Crippen molar-refractivity contribution in [2.24, 2.45) is 0 Å². The summed E-state index contributed by atoms with van der Waals surface area (Å²) < 4.78 is 0. The van der Waals surface area contributed by atoms with E-state index in [2.05, 4.69) is 0 Å². The molecule has 1 aromatic carbocycles. The number of rotatable bonds is 2. The minimum absolute atomic E-state index is 0.472. The van der Waals surface area contributed by atoms with Crippen molar-refractivity contribution < 1.29 is 4.79 Å². The van der Waals surface area contributed by atoms with Crippen molar-refractivity contribution in [1.29, 1.82) is 0 Å². The van der Waals surface area contributed by atoms with Crippen molar-refractivity contribution in [1.82, 2.24) is 0 Å². The molecular weight excluding hydrogens is 174 g/mol. The summed E-state index contributed by atoms with van der Waals surface area (Å²) in [6, 6.07) is 7.28. The van der Waals surface area contributed by atoms with Crippen LogP contribution in [0.2, 0.25) is 0 Å². The molecule has 0 atom stereocenters. The van der Waals surface area contributed by atoms with Crippen LogP contribution in [0.4, 0.5) is 5.69 Å². The standard InChI is InChI=1S/C8H9NO.2C2H6/c9-8-3-1-7(2-4-8)5-6-10;2*1-2/h1-4,6H,5,9H2;2*1-2H3. The van der Waals surface area contributed by atoms with Gasteiger partial charge in [0.05, 0.1) is 0 Å². The molecule has 0 heterocycles. The second-order valence-corrected chi connectivity index (χ2v) is 2.11. The van der Waals surface area contributed by atoms with Crippen LogP contribution in [0.1, 0.15) is 33.3 Å². The highest BCUT2D eigenvalue weighted by atomic mass is 16.1. The Morgan fingerprint density at radius 1 is 1.07 bits per heavy atom. The van der Waals surface area contributed by atoms with Crippen LogP contribution in [0.3, 0.4) is 0 Å². The largest absolute Gasteiger partial charge is 0.399 e. The Bertz CT molecular complexity index is 216. The summed E-state index contributed by atoms with van der Waals surface area (Å²) in [6.45, 7) is 8.00. The smallest absolute Gasteiger partial charge is 0.124 e. The molecular formula is C12H21NO. The third kappa shape index (κ3) is 7.35. The van der Waals surface area contributed by atoms with E-state index in [0.717, 1.165) is 17.5 Å². The molecule has 0 saturated carbocycles. The molecule has 0 aliphatic heterocycles. The van der Waals surface area contributed by atoms with Crippen molar-refractivity contribution in [2.75, 3.05) is 5.73 Å². The maximum atomic E-state index is 10.0. The second-order valence-electron chi connectivity index (χ2n) is 2.11. The van der Waals surface area contributed by atoms with Crippen LogP contribution in [0.25, 0.3) is 0 Å². The maximum absolute atomic E-state index is 10.0. The highest BCUT2D eigenvalue weighted by Gasteiger charge is 1.88. The molecule has 1 rings (SSSR count). The van der Waals surface area contributed by atoms with E-state index in [1.54, 1.807) is 12.1 Å². The molecule has 2 N–H and O–H groups in total. The number of anilines is 1. The average molecular weight is 195 g/mol. The van der Waals surface area contributed by atoms with Crippen LogP contribution in [0, 0.1) is 0 Å². The zero-order valence-corrected chi connectivity index (χ0v) is 9.58. The van der Waals surface area contributed by atoms with Crippen molar-refractivity contribution >= 4 is 12.0 Å². The Balaban J connectivity index is 0. The van der Waals surface area contributed by atoms with E-state index in [1.807, 2.05) is 39.8 Å². The van der Waals surface area contributed by atoms with Gasteiger partial charge in [-0.3, -0.25) is 0 Å². The maximum Gasteiger partial charge on any atom is 0.124 e. The summed E-state index contributed by atoms with van der Waals surface area (Å²) in [5.74, 6) is 0. The Morgan fingerprint density at radius 2 is 1.50 bits per heavy atom. The van der Waals surface area contributed by atoms with Crippen molar-refractivity contribution in [3.05, 3.63) is 29.8 Å². The number of carbonyl (C=O) groups excluding carboxylic acids is 1.